The first-order valence-corrected chi connectivity index (χ1v) is 9.85. The van der Waals surface area contributed by atoms with Gasteiger partial charge >= 0.3 is 0 Å². The zero-order valence-electron chi connectivity index (χ0n) is 16.3. The summed E-state index contributed by atoms with van der Waals surface area (Å²) in [6, 6.07) is 3.88. The van der Waals surface area contributed by atoms with Gasteiger partial charge in [0, 0.05) is 24.9 Å². The Kier molecular flexibility index (Phi) is 5.90. The number of fused-ring (bicyclic) bond motifs is 1. The van der Waals surface area contributed by atoms with Gasteiger partial charge in [-0.15, -0.1) is 0 Å². The third-order valence-corrected chi connectivity index (χ3v) is 5.09. The summed E-state index contributed by atoms with van der Waals surface area (Å²) in [6.45, 7) is -0.205. The molecule has 1 atom stereocenters. The van der Waals surface area contributed by atoms with Crippen LogP contribution in [0, 0.1) is 11.6 Å². The monoisotopic (exact) mass is 479 g/mol. The van der Waals surface area contributed by atoms with Crippen LogP contribution >= 0.6 is 23.2 Å². The lowest BCUT2D eigenvalue weighted by molar-refractivity contribution is -0.120. The molecule has 164 valence electrons. The average Bonchev–Trinajstić information content (AvgIpc) is 2.88. The predicted octanol–water partition coefficient (Wildman–Crippen LogP) is 3.28. The maximum atomic E-state index is 14.2. The molecule has 1 aliphatic rings. The lowest BCUT2D eigenvalue weighted by Crippen LogP contribution is -2.49. The largest absolute Gasteiger partial charge is 0.487 e. The summed E-state index contributed by atoms with van der Waals surface area (Å²) in [5.74, 6) is -3.49. The Morgan fingerprint density at radius 3 is 2.81 bits per heavy atom. The van der Waals surface area contributed by atoms with Gasteiger partial charge in [0.05, 0.1) is 21.9 Å². The number of nitrogens with one attached hydrogen (secondary N) is 1. The maximum Gasteiger partial charge on any atom is 0.289 e. The summed E-state index contributed by atoms with van der Waals surface area (Å²) in [5.41, 5.74) is -0.408. The molecule has 0 saturated heterocycles. The van der Waals surface area contributed by atoms with Crippen molar-refractivity contribution in [3.8, 4) is 17.0 Å². The summed E-state index contributed by atoms with van der Waals surface area (Å²) in [4.78, 5) is 38.6. The van der Waals surface area contributed by atoms with Crippen LogP contribution in [0.5, 0.6) is 5.75 Å². The van der Waals surface area contributed by atoms with Gasteiger partial charge in [0.2, 0.25) is 5.82 Å². The summed E-state index contributed by atoms with van der Waals surface area (Å²) >= 11 is 12.0. The van der Waals surface area contributed by atoms with E-state index in [2.05, 4.69) is 20.3 Å². The molecule has 2 amide bonds. The number of hydrogen-bond acceptors (Lipinski definition) is 6. The van der Waals surface area contributed by atoms with E-state index in [9.17, 15) is 18.4 Å². The fourth-order valence-electron chi connectivity index (χ4n) is 3.03. The van der Waals surface area contributed by atoms with Crippen LogP contribution in [0.4, 0.5) is 14.6 Å². The molecule has 0 saturated carbocycles. The molecule has 0 bridgehead atoms. The van der Waals surface area contributed by atoms with Crippen molar-refractivity contribution in [3.05, 3.63) is 64.2 Å². The minimum absolute atomic E-state index is 0.0851. The molecular formula is C20H13Cl2F2N5O3. The van der Waals surface area contributed by atoms with Crippen molar-refractivity contribution in [2.45, 2.75) is 6.04 Å². The number of halogens is 4. The number of carbonyl (C=O) groups excluding carboxylic acids is 2. The Morgan fingerprint density at radius 2 is 2.03 bits per heavy atom. The number of hydrogen-bond donors (Lipinski definition) is 1. The second kappa shape index (κ2) is 8.64. The van der Waals surface area contributed by atoms with Gasteiger partial charge in [-0.1, -0.05) is 29.3 Å². The first kappa shape index (κ1) is 21.8. The number of likely N-dealkylation sites (N-methyl/N-ethyl adjacent to an activating group) is 1. The Hall–Kier alpha value is -3.37. The van der Waals surface area contributed by atoms with Crippen LogP contribution in [0.3, 0.4) is 0 Å². The number of benzene rings is 1. The molecule has 3 heterocycles. The smallest absolute Gasteiger partial charge is 0.289 e. The third-order valence-electron chi connectivity index (χ3n) is 4.61. The van der Waals surface area contributed by atoms with Gasteiger partial charge in [-0.05, 0) is 12.1 Å². The van der Waals surface area contributed by atoms with Gasteiger partial charge in [-0.2, -0.15) is 0 Å². The molecule has 8 nitrogen and oxygen atoms in total. The van der Waals surface area contributed by atoms with Crippen molar-refractivity contribution in [2.75, 3.05) is 18.6 Å². The average molecular weight is 480 g/mol. The number of ether oxygens (including phenoxy) is 1. The number of nitrogens with zero attached hydrogens (tertiary/aromatic N) is 4. The predicted molar refractivity (Wildman–Crippen MR) is 112 cm³/mol. The lowest BCUT2D eigenvalue weighted by atomic mass is 10.1. The van der Waals surface area contributed by atoms with Crippen LogP contribution in [0.2, 0.25) is 10.0 Å². The third kappa shape index (κ3) is 4.06. The number of pyridine rings is 1. The summed E-state index contributed by atoms with van der Waals surface area (Å²) in [7, 11) is 1.47. The molecule has 0 aliphatic carbocycles. The minimum Gasteiger partial charge on any atom is -0.487 e. The van der Waals surface area contributed by atoms with Crippen molar-refractivity contribution in [3.63, 3.8) is 0 Å². The zero-order chi connectivity index (χ0) is 23.0. The van der Waals surface area contributed by atoms with Gasteiger partial charge < -0.3 is 10.1 Å². The van der Waals surface area contributed by atoms with E-state index in [0.717, 1.165) is 12.3 Å². The molecular weight excluding hydrogens is 467 g/mol. The SMILES string of the molecule is CN1C(=O)[C@@H](NC(=O)c2ncc(Cl)c(-c3cccc(F)c3F)n2)COc2cc(Cl)cnc21. The summed E-state index contributed by atoms with van der Waals surface area (Å²) in [5, 5.41) is 2.71. The van der Waals surface area contributed by atoms with Crippen LogP contribution in [0.25, 0.3) is 11.3 Å². The Balaban J connectivity index is 1.59. The van der Waals surface area contributed by atoms with E-state index in [1.54, 1.807) is 0 Å². The Bertz CT molecular complexity index is 1240. The standard InChI is InChI=1S/C20H13Cl2F2N5O3/c1-29-18-14(5-9(21)6-26-18)32-8-13(20(29)31)27-19(30)17-25-7-11(22)16(28-17)10-3-2-4-12(23)15(10)24/h2-7,13H,8H2,1H3,(H,27,30)/t13-/m0/s1. The number of carbonyl (C=O) groups is 2. The van der Waals surface area contributed by atoms with Gasteiger partial charge in [0.1, 0.15) is 12.6 Å². The summed E-state index contributed by atoms with van der Waals surface area (Å²) in [6.07, 6.45) is 2.45. The minimum atomic E-state index is -1.17. The molecule has 12 heteroatoms. The highest BCUT2D eigenvalue weighted by atomic mass is 35.5. The fraction of sp³-hybridized carbons (Fsp3) is 0.150. The lowest BCUT2D eigenvalue weighted by Gasteiger charge is -2.19. The Morgan fingerprint density at radius 1 is 1.25 bits per heavy atom. The van der Waals surface area contributed by atoms with E-state index < -0.39 is 35.3 Å². The molecule has 0 radical (unpaired) electrons. The zero-order valence-corrected chi connectivity index (χ0v) is 17.8. The van der Waals surface area contributed by atoms with Crippen molar-refractivity contribution in [2.24, 2.45) is 0 Å². The number of anilines is 1. The Labute approximate surface area is 190 Å². The normalized spacial score (nSPS) is 15.6. The number of rotatable bonds is 3. The van der Waals surface area contributed by atoms with Crippen LogP contribution in [-0.4, -0.2) is 46.5 Å². The second-order valence-electron chi connectivity index (χ2n) is 6.70. The van der Waals surface area contributed by atoms with Gasteiger partial charge in [-0.25, -0.2) is 23.7 Å². The highest BCUT2D eigenvalue weighted by molar-refractivity contribution is 6.33. The molecule has 0 unspecified atom stereocenters. The highest BCUT2D eigenvalue weighted by Crippen LogP contribution is 2.31. The van der Waals surface area contributed by atoms with Crippen LogP contribution in [0.15, 0.2) is 36.7 Å². The van der Waals surface area contributed by atoms with Crippen molar-refractivity contribution < 1.29 is 23.1 Å². The topological polar surface area (TPSA) is 97.3 Å². The molecule has 0 spiro atoms. The first-order chi connectivity index (χ1) is 15.3. The molecule has 1 aliphatic heterocycles. The quantitative estimate of drug-likeness (QED) is 0.618. The van der Waals surface area contributed by atoms with Crippen LogP contribution in [0.1, 0.15) is 10.6 Å². The van der Waals surface area contributed by atoms with Crippen LogP contribution in [-0.2, 0) is 4.79 Å². The molecule has 3 aromatic rings. The molecule has 0 fully saturated rings. The van der Waals surface area contributed by atoms with E-state index in [4.69, 9.17) is 27.9 Å². The highest BCUT2D eigenvalue weighted by Gasteiger charge is 2.32. The van der Waals surface area contributed by atoms with E-state index >= 15 is 0 Å². The number of amides is 2. The van der Waals surface area contributed by atoms with Gasteiger partial charge in [-0.3, -0.25) is 14.5 Å². The molecule has 1 N–H and O–H groups in total. The summed E-state index contributed by atoms with van der Waals surface area (Å²) < 4.78 is 33.4. The first-order valence-electron chi connectivity index (χ1n) is 9.10. The van der Waals surface area contributed by atoms with E-state index in [1.807, 2.05) is 0 Å². The van der Waals surface area contributed by atoms with Gasteiger partial charge in [0.15, 0.2) is 23.2 Å². The van der Waals surface area contributed by atoms with Crippen molar-refractivity contribution in [1.29, 1.82) is 0 Å². The van der Waals surface area contributed by atoms with E-state index in [0.29, 0.717) is 5.02 Å². The molecule has 2 aromatic heterocycles. The maximum absolute atomic E-state index is 14.2. The number of aromatic nitrogens is 3. The van der Waals surface area contributed by atoms with Crippen molar-refractivity contribution in [1.82, 2.24) is 20.3 Å². The molecule has 1 aromatic carbocycles. The van der Waals surface area contributed by atoms with Gasteiger partial charge in [0.25, 0.3) is 11.8 Å². The molecule has 32 heavy (non-hydrogen) atoms. The van der Waals surface area contributed by atoms with E-state index in [-0.39, 0.29) is 34.5 Å². The fourth-order valence-corrected chi connectivity index (χ4v) is 3.37. The second-order valence-corrected chi connectivity index (χ2v) is 7.54. The van der Waals surface area contributed by atoms with Crippen LogP contribution < -0.4 is 15.0 Å². The van der Waals surface area contributed by atoms with E-state index in [1.165, 1.54) is 36.3 Å². The molecule has 4 rings (SSSR count). The van der Waals surface area contributed by atoms with Crippen molar-refractivity contribution >= 4 is 40.8 Å².